The predicted molar refractivity (Wildman–Crippen MR) is 157 cm³/mol. The highest BCUT2D eigenvalue weighted by Gasteiger charge is 2.44. The molecule has 2 aromatic carbocycles. The van der Waals surface area contributed by atoms with Crippen LogP contribution in [0.5, 0.6) is 0 Å². The highest BCUT2D eigenvalue weighted by molar-refractivity contribution is 5.92. The van der Waals surface area contributed by atoms with Crippen molar-refractivity contribution in [3.05, 3.63) is 43.5 Å². The van der Waals surface area contributed by atoms with Crippen LogP contribution in [0.4, 0.5) is 51.7 Å². The van der Waals surface area contributed by atoms with Gasteiger partial charge in [-0.25, -0.2) is 17.6 Å². The molecule has 0 aliphatic carbocycles. The molecule has 0 atom stereocenters. The molecule has 0 bridgehead atoms. The van der Waals surface area contributed by atoms with Crippen LogP contribution in [0, 0.1) is 43.5 Å². The third-order valence-electron chi connectivity index (χ3n) is 8.53. The minimum atomic E-state index is -1.56. The van der Waals surface area contributed by atoms with E-state index in [9.17, 15) is 20.2 Å². The molecular weight excluding hydrogens is 624 g/mol. The molecule has 18 heteroatoms. The van der Waals surface area contributed by atoms with Crippen molar-refractivity contribution in [2.75, 3.05) is 125 Å². The summed E-state index contributed by atoms with van der Waals surface area (Å²) in [4.78, 5) is 28.4. The van der Waals surface area contributed by atoms with E-state index in [1.54, 1.807) is 0 Å². The van der Waals surface area contributed by atoms with Crippen LogP contribution in [0.25, 0.3) is 11.1 Å². The van der Waals surface area contributed by atoms with Gasteiger partial charge in [-0.2, -0.15) is 0 Å². The Morgan fingerprint density at radius 2 is 0.630 bits per heavy atom. The van der Waals surface area contributed by atoms with Crippen molar-refractivity contribution < 1.29 is 46.4 Å². The second-order valence-electron chi connectivity index (χ2n) is 11.0. The summed E-state index contributed by atoms with van der Waals surface area (Å²) in [6.07, 6.45) is 0. The first-order valence-electron chi connectivity index (χ1n) is 14.9. The third-order valence-corrected chi connectivity index (χ3v) is 8.53. The topological polar surface area (TPSA) is 136 Å². The highest BCUT2D eigenvalue weighted by Crippen LogP contribution is 2.53. The molecule has 2 aromatic rings. The van der Waals surface area contributed by atoms with Gasteiger partial charge in [0.25, 0.3) is 0 Å². The zero-order chi connectivity index (χ0) is 32.5. The average molecular weight is 657 g/mol. The van der Waals surface area contributed by atoms with Gasteiger partial charge in [0, 0.05) is 52.4 Å². The van der Waals surface area contributed by atoms with Gasteiger partial charge in [0.1, 0.15) is 0 Å². The largest absolute Gasteiger partial charge is 0.378 e. The van der Waals surface area contributed by atoms with Gasteiger partial charge in [-0.05, 0) is 0 Å². The lowest BCUT2D eigenvalue weighted by Crippen LogP contribution is -2.40. The molecule has 0 spiro atoms. The Kier molecular flexibility index (Phi) is 9.30. The molecule has 0 unspecified atom stereocenters. The molecule has 14 nitrogen and oxygen atoms in total. The van der Waals surface area contributed by atoms with Crippen LogP contribution < -0.4 is 19.6 Å². The van der Waals surface area contributed by atoms with Gasteiger partial charge in [-0.3, -0.25) is 20.2 Å². The molecule has 4 heterocycles. The fraction of sp³-hybridized carbons (Fsp3) is 0.571. The standard InChI is InChI=1S/C28H32F4N6O8/c29-19-17(20(30)24(34-3-11-44-12-4-34)27(37(39)40)23(19)33-1-9-43-10-2-33)18-21(31)25(35-5-13-45-14-6-35)28(38(41)42)26(22(18)32)36-7-15-46-16-8-36/h1-16H2. The van der Waals surface area contributed by atoms with Crippen LogP contribution in [-0.4, -0.2) is 115 Å². The summed E-state index contributed by atoms with van der Waals surface area (Å²) in [5.41, 5.74) is -6.77. The smallest absolute Gasteiger partial charge is 0.321 e. The quantitative estimate of drug-likeness (QED) is 0.246. The van der Waals surface area contributed by atoms with Crippen LogP contribution in [-0.2, 0) is 18.9 Å². The van der Waals surface area contributed by atoms with Crippen LogP contribution in [0.3, 0.4) is 0 Å². The monoisotopic (exact) mass is 656 g/mol. The summed E-state index contributed by atoms with van der Waals surface area (Å²) in [6.45, 7) is 0.393. The summed E-state index contributed by atoms with van der Waals surface area (Å²) in [5.74, 6) is -6.24. The second-order valence-corrected chi connectivity index (χ2v) is 11.0. The second kappa shape index (κ2) is 13.4. The first-order chi connectivity index (χ1) is 22.2. The number of nitro benzene ring substituents is 2. The Morgan fingerprint density at radius 3 is 0.804 bits per heavy atom. The number of morpholine rings is 4. The molecule has 0 aromatic heterocycles. The zero-order valence-corrected chi connectivity index (χ0v) is 24.8. The molecule has 0 amide bonds. The Bertz CT molecular complexity index is 1310. The van der Waals surface area contributed by atoms with E-state index in [1.165, 1.54) is 19.6 Å². The number of anilines is 4. The molecular formula is C28H32F4N6O8. The van der Waals surface area contributed by atoms with E-state index in [1.807, 2.05) is 0 Å². The lowest BCUT2D eigenvalue weighted by atomic mass is 9.95. The van der Waals surface area contributed by atoms with Crippen molar-refractivity contribution in [2.45, 2.75) is 0 Å². The maximum absolute atomic E-state index is 16.9. The summed E-state index contributed by atoms with van der Waals surface area (Å²) in [6, 6.07) is 0. The SMILES string of the molecule is O=[N+]([O-])c1c(N2CCOCC2)c(F)c(-c2c(F)c(N3CCOCC3)c([N+](=O)[O-])c(N3CCOCC3)c2F)c(F)c1N1CCOCC1. The number of rotatable bonds is 7. The van der Waals surface area contributed by atoms with Crippen LogP contribution in [0.2, 0.25) is 0 Å². The van der Waals surface area contributed by atoms with Gasteiger partial charge in [0.15, 0.2) is 46.0 Å². The summed E-state index contributed by atoms with van der Waals surface area (Å²) in [5, 5.41) is 25.1. The molecule has 4 aliphatic heterocycles. The van der Waals surface area contributed by atoms with Crippen molar-refractivity contribution in [3.8, 4) is 11.1 Å². The van der Waals surface area contributed by atoms with Gasteiger partial charge in [-0.1, -0.05) is 0 Å². The van der Waals surface area contributed by atoms with E-state index in [4.69, 9.17) is 18.9 Å². The average Bonchev–Trinajstić information content (AvgIpc) is 3.07. The highest BCUT2D eigenvalue weighted by atomic mass is 19.1. The molecule has 4 saturated heterocycles. The van der Waals surface area contributed by atoms with E-state index in [0.717, 1.165) is 0 Å². The molecule has 250 valence electrons. The number of nitro groups is 2. The van der Waals surface area contributed by atoms with Crippen molar-refractivity contribution in [1.29, 1.82) is 0 Å². The Morgan fingerprint density at radius 1 is 0.435 bits per heavy atom. The van der Waals surface area contributed by atoms with Crippen molar-refractivity contribution in [2.24, 2.45) is 0 Å². The molecule has 4 aliphatic rings. The van der Waals surface area contributed by atoms with E-state index in [2.05, 4.69) is 0 Å². The first kappa shape index (κ1) is 32.0. The number of halogens is 4. The van der Waals surface area contributed by atoms with E-state index in [0.29, 0.717) is 0 Å². The minimum absolute atomic E-state index is 0.0192. The minimum Gasteiger partial charge on any atom is -0.378 e. The fourth-order valence-corrected chi connectivity index (χ4v) is 6.39. The summed E-state index contributed by atoms with van der Waals surface area (Å²) >= 11 is 0. The molecule has 6 rings (SSSR count). The van der Waals surface area contributed by atoms with Gasteiger partial charge < -0.3 is 38.5 Å². The maximum Gasteiger partial charge on any atom is 0.321 e. The number of hydrogen-bond donors (Lipinski definition) is 0. The number of benzene rings is 2. The normalized spacial score (nSPS) is 19.5. The van der Waals surface area contributed by atoms with Crippen molar-refractivity contribution in [3.63, 3.8) is 0 Å². The first-order valence-corrected chi connectivity index (χ1v) is 14.9. The van der Waals surface area contributed by atoms with Crippen molar-refractivity contribution in [1.82, 2.24) is 0 Å². The Labute approximate surface area is 260 Å². The lowest BCUT2D eigenvalue weighted by Gasteiger charge is -2.35. The number of nitrogens with zero attached hydrogens (tertiary/aromatic N) is 6. The maximum atomic E-state index is 16.9. The van der Waals surface area contributed by atoms with Crippen LogP contribution in [0.1, 0.15) is 0 Å². The zero-order valence-electron chi connectivity index (χ0n) is 24.8. The van der Waals surface area contributed by atoms with Gasteiger partial charge >= 0.3 is 11.4 Å². The summed E-state index contributed by atoms with van der Waals surface area (Å²) in [7, 11) is 0. The fourth-order valence-electron chi connectivity index (χ4n) is 6.39. The van der Waals surface area contributed by atoms with Crippen LogP contribution in [0.15, 0.2) is 0 Å². The number of ether oxygens (including phenoxy) is 4. The Hall–Kier alpha value is -4.00. The lowest BCUT2D eigenvalue weighted by molar-refractivity contribution is -0.383. The van der Waals surface area contributed by atoms with Crippen LogP contribution >= 0.6 is 0 Å². The molecule has 0 saturated carbocycles. The van der Waals surface area contributed by atoms with Gasteiger partial charge in [0.2, 0.25) is 0 Å². The molecule has 0 radical (unpaired) electrons. The number of hydrogen-bond acceptors (Lipinski definition) is 12. The predicted octanol–water partition coefficient (Wildman–Crippen LogP) is 3.07. The summed E-state index contributed by atoms with van der Waals surface area (Å²) < 4.78 is 89.1. The van der Waals surface area contributed by atoms with Gasteiger partial charge in [-0.15, -0.1) is 0 Å². The molecule has 4 fully saturated rings. The Balaban J connectivity index is 1.72. The van der Waals surface area contributed by atoms with E-state index >= 15 is 17.6 Å². The third kappa shape index (κ3) is 5.62. The van der Waals surface area contributed by atoms with E-state index < -0.39 is 78.4 Å². The van der Waals surface area contributed by atoms with Crippen molar-refractivity contribution >= 4 is 34.1 Å². The molecule has 46 heavy (non-hydrogen) atoms. The molecule has 0 N–H and O–H groups in total. The van der Waals surface area contributed by atoms with E-state index in [-0.39, 0.29) is 105 Å². The van der Waals surface area contributed by atoms with Gasteiger partial charge in [0.05, 0.1) is 73.8 Å².